The third kappa shape index (κ3) is 3.73. The Hall–Kier alpha value is -3.41. The molecule has 1 amide bonds. The maximum Gasteiger partial charge on any atom is 0.222 e. The number of rotatable bonds is 5. The molecule has 30 heavy (non-hydrogen) atoms. The Bertz CT molecular complexity index is 1130. The van der Waals surface area contributed by atoms with Crippen molar-refractivity contribution in [2.24, 2.45) is 0 Å². The molecule has 5 rings (SSSR count). The highest BCUT2D eigenvalue weighted by molar-refractivity contribution is 5.82. The zero-order chi connectivity index (χ0) is 20.3. The number of hydrogen-bond acceptors (Lipinski definition) is 3. The molecule has 1 fully saturated rings. The van der Waals surface area contributed by atoms with Crippen LogP contribution in [0.5, 0.6) is 0 Å². The van der Waals surface area contributed by atoms with E-state index in [0.717, 1.165) is 38.0 Å². The highest BCUT2D eigenvalue weighted by atomic mass is 16.2. The minimum Gasteiger partial charge on any atom is -0.344 e. The smallest absolute Gasteiger partial charge is 0.222 e. The molecule has 3 heterocycles. The van der Waals surface area contributed by atoms with Gasteiger partial charge in [-0.2, -0.15) is 0 Å². The summed E-state index contributed by atoms with van der Waals surface area (Å²) in [6.07, 6.45) is 8.98. The molecule has 6 heteroatoms. The average molecular weight is 399 g/mol. The Labute approximate surface area is 175 Å². The minimum absolute atomic E-state index is 0.268. The zero-order valence-corrected chi connectivity index (χ0v) is 16.9. The molecule has 0 bridgehead atoms. The number of hydrogen-bond donors (Lipinski definition) is 0. The minimum atomic E-state index is 0.268. The van der Waals surface area contributed by atoms with Crippen LogP contribution in [0.25, 0.3) is 16.6 Å². The Balaban J connectivity index is 1.24. The summed E-state index contributed by atoms with van der Waals surface area (Å²) in [7, 11) is 0. The summed E-state index contributed by atoms with van der Waals surface area (Å²) in [6, 6.07) is 19.2. The van der Waals surface area contributed by atoms with Crippen molar-refractivity contribution in [1.29, 1.82) is 0 Å². The lowest BCUT2D eigenvalue weighted by molar-refractivity contribution is -0.132. The van der Waals surface area contributed by atoms with Gasteiger partial charge in [0.2, 0.25) is 5.91 Å². The van der Waals surface area contributed by atoms with Crippen LogP contribution in [0.15, 0.2) is 73.4 Å². The number of carbonyl (C=O) groups is 1. The molecule has 0 unspecified atom stereocenters. The van der Waals surface area contributed by atoms with Gasteiger partial charge in [0.15, 0.2) is 0 Å². The van der Waals surface area contributed by atoms with Crippen molar-refractivity contribution >= 4 is 16.8 Å². The van der Waals surface area contributed by atoms with Crippen LogP contribution in [-0.2, 0) is 11.2 Å². The van der Waals surface area contributed by atoms with Crippen LogP contribution in [0, 0.1) is 0 Å². The van der Waals surface area contributed by atoms with Crippen molar-refractivity contribution < 1.29 is 4.79 Å². The molecule has 0 spiro atoms. The predicted molar refractivity (Wildman–Crippen MR) is 116 cm³/mol. The molecule has 0 N–H and O–H groups in total. The maximum absolute atomic E-state index is 12.7. The number of fused-ring (bicyclic) bond motifs is 1. The summed E-state index contributed by atoms with van der Waals surface area (Å²) in [5, 5.41) is 9.04. The Morgan fingerprint density at radius 2 is 1.73 bits per heavy atom. The number of likely N-dealkylation sites (tertiary alicyclic amines) is 1. The van der Waals surface area contributed by atoms with E-state index in [1.165, 1.54) is 16.5 Å². The molecule has 0 radical (unpaired) electrons. The standard InChI is InChI=1S/C24H25N5O/c30-24(9-6-19-4-2-1-3-5-19)27-13-11-21(12-14-27)29-15-10-20-7-8-22(16-23(20)29)28-17-25-26-18-28/h1-5,7-8,10,15-18,21H,6,9,11-14H2. The number of aromatic nitrogens is 4. The van der Waals surface area contributed by atoms with Gasteiger partial charge >= 0.3 is 0 Å². The summed E-state index contributed by atoms with van der Waals surface area (Å²) in [5.74, 6) is 0.268. The first-order valence-electron chi connectivity index (χ1n) is 10.6. The molecule has 152 valence electrons. The monoisotopic (exact) mass is 399 g/mol. The molecule has 1 aliphatic heterocycles. The molecule has 6 nitrogen and oxygen atoms in total. The van der Waals surface area contributed by atoms with E-state index in [-0.39, 0.29) is 5.91 Å². The molecular formula is C24H25N5O. The SMILES string of the molecule is O=C(CCc1ccccc1)N1CCC(n2ccc3ccc(-n4cnnc4)cc32)CC1. The lowest BCUT2D eigenvalue weighted by atomic mass is 10.0. The largest absolute Gasteiger partial charge is 0.344 e. The third-order valence-electron chi connectivity index (χ3n) is 6.10. The molecule has 1 aliphatic rings. The van der Waals surface area contributed by atoms with Crippen LogP contribution in [0.3, 0.4) is 0 Å². The summed E-state index contributed by atoms with van der Waals surface area (Å²) in [6.45, 7) is 1.65. The van der Waals surface area contributed by atoms with Gasteiger partial charge in [-0.3, -0.25) is 9.36 Å². The molecule has 0 atom stereocenters. The first kappa shape index (κ1) is 18.6. The van der Waals surface area contributed by atoms with E-state index in [9.17, 15) is 4.79 Å². The van der Waals surface area contributed by atoms with E-state index in [2.05, 4.69) is 57.4 Å². The summed E-state index contributed by atoms with van der Waals surface area (Å²) in [4.78, 5) is 14.7. The van der Waals surface area contributed by atoms with Crippen molar-refractivity contribution in [3.8, 4) is 5.69 Å². The molecule has 0 saturated carbocycles. The van der Waals surface area contributed by atoms with E-state index in [1.54, 1.807) is 12.7 Å². The summed E-state index contributed by atoms with van der Waals surface area (Å²) < 4.78 is 4.29. The van der Waals surface area contributed by atoms with Crippen LogP contribution in [0.1, 0.15) is 30.9 Å². The van der Waals surface area contributed by atoms with Crippen molar-refractivity contribution in [2.75, 3.05) is 13.1 Å². The van der Waals surface area contributed by atoms with Crippen LogP contribution in [-0.4, -0.2) is 43.2 Å². The normalized spacial score (nSPS) is 15.0. The molecule has 2 aromatic carbocycles. The molecule has 1 saturated heterocycles. The number of nitrogens with zero attached hydrogens (tertiary/aromatic N) is 5. The van der Waals surface area contributed by atoms with Crippen LogP contribution < -0.4 is 0 Å². The highest BCUT2D eigenvalue weighted by Gasteiger charge is 2.24. The summed E-state index contributed by atoms with van der Waals surface area (Å²) >= 11 is 0. The van der Waals surface area contributed by atoms with Crippen molar-refractivity contribution in [3.63, 3.8) is 0 Å². The molecule has 4 aromatic rings. The first-order chi connectivity index (χ1) is 14.8. The van der Waals surface area contributed by atoms with Gasteiger partial charge in [0.05, 0.1) is 11.2 Å². The lowest BCUT2D eigenvalue weighted by Crippen LogP contribution is -2.39. The second kappa shape index (κ2) is 8.14. The number of benzene rings is 2. The number of aryl methyl sites for hydroxylation is 1. The van der Waals surface area contributed by atoms with Crippen LogP contribution in [0.4, 0.5) is 0 Å². The molecule has 2 aromatic heterocycles. The number of carbonyl (C=O) groups excluding carboxylic acids is 1. The lowest BCUT2D eigenvalue weighted by Gasteiger charge is -2.33. The fourth-order valence-corrected chi connectivity index (χ4v) is 4.40. The van der Waals surface area contributed by atoms with E-state index in [1.807, 2.05) is 27.7 Å². The molecular weight excluding hydrogens is 374 g/mol. The van der Waals surface area contributed by atoms with Crippen molar-refractivity contribution in [1.82, 2.24) is 24.2 Å². The van der Waals surface area contributed by atoms with Gasteiger partial charge in [0.25, 0.3) is 0 Å². The quantitative estimate of drug-likeness (QED) is 0.509. The zero-order valence-electron chi connectivity index (χ0n) is 16.9. The van der Waals surface area contributed by atoms with Gasteiger partial charge in [-0.25, -0.2) is 0 Å². The van der Waals surface area contributed by atoms with E-state index in [0.29, 0.717) is 12.5 Å². The average Bonchev–Trinajstić information content (AvgIpc) is 3.48. The van der Waals surface area contributed by atoms with Gasteiger partial charge in [0, 0.05) is 31.7 Å². The van der Waals surface area contributed by atoms with Gasteiger partial charge in [-0.15, -0.1) is 10.2 Å². The predicted octanol–water partition coefficient (Wildman–Crippen LogP) is 4.02. The maximum atomic E-state index is 12.7. The van der Waals surface area contributed by atoms with Gasteiger partial charge in [0.1, 0.15) is 12.7 Å². The number of amides is 1. The Kier molecular flexibility index (Phi) is 5.05. The molecule has 0 aliphatic carbocycles. The van der Waals surface area contributed by atoms with E-state index < -0.39 is 0 Å². The Morgan fingerprint density at radius 3 is 2.50 bits per heavy atom. The Morgan fingerprint density at radius 1 is 0.967 bits per heavy atom. The second-order valence-electron chi connectivity index (χ2n) is 7.93. The van der Waals surface area contributed by atoms with Gasteiger partial charge < -0.3 is 9.47 Å². The number of piperidine rings is 1. The fraction of sp³-hybridized carbons (Fsp3) is 0.292. The van der Waals surface area contributed by atoms with Gasteiger partial charge in [-0.1, -0.05) is 36.4 Å². The van der Waals surface area contributed by atoms with Crippen molar-refractivity contribution in [2.45, 2.75) is 31.7 Å². The first-order valence-corrected chi connectivity index (χ1v) is 10.6. The third-order valence-corrected chi connectivity index (χ3v) is 6.10. The fourth-order valence-electron chi connectivity index (χ4n) is 4.40. The summed E-state index contributed by atoms with van der Waals surface area (Å²) in [5.41, 5.74) is 3.50. The highest BCUT2D eigenvalue weighted by Crippen LogP contribution is 2.29. The van der Waals surface area contributed by atoms with Gasteiger partial charge in [-0.05, 0) is 48.4 Å². The topological polar surface area (TPSA) is 56.0 Å². The van der Waals surface area contributed by atoms with Crippen molar-refractivity contribution in [3.05, 3.63) is 79.0 Å². The van der Waals surface area contributed by atoms with E-state index >= 15 is 0 Å². The van der Waals surface area contributed by atoms with Crippen LogP contribution in [0.2, 0.25) is 0 Å². The van der Waals surface area contributed by atoms with Crippen LogP contribution >= 0.6 is 0 Å². The van der Waals surface area contributed by atoms with E-state index in [4.69, 9.17) is 0 Å². The second-order valence-corrected chi connectivity index (χ2v) is 7.93.